The summed E-state index contributed by atoms with van der Waals surface area (Å²) < 4.78 is 32.8. The third kappa shape index (κ3) is 30.4. The van der Waals surface area contributed by atoms with Crippen molar-refractivity contribution in [1.29, 1.82) is 0 Å². The fraction of sp³-hybridized carbons (Fsp3) is 0.891. The number of hydrogen-bond acceptors (Lipinski definition) is 12. The van der Waals surface area contributed by atoms with Crippen LogP contribution in [0.25, 0.3) is 0 Å². The Morgan fingerprint density at radius 3 is 1.82 bits per heavy atom. The maximum absolute atomic E-state index is 12.8. The van der Waals surface area contributed by atoms with Crippen LogP contribution < -0.4 is 0 Å². The average molecular weight is 877 g/mol. The van der Waals surface area contributed by atoms with Crippen LogP contribution in [0.4, 0.5) is 0 Å². The van der Waals surface area contributed by atoms with Gasteiger partial charge in [-0.2, -0.15) is 0 Å². The molecule has 5 N–H and O–H groups in total. The molecule has 1 aliphatic carbocycles. The van der Waals surface area contributed by atoms with Gasteiger partial charge in [0.05, 0.1) is 32.0 Å². The van der Waals surface area contributed by atoms with Crippen molar-refractivity contribution in [3.05, 3.63) is 12.2 Å². The fourth-order valence-electron chi connectivity index (χ4n) is 7.55. The number of carbonyl (C=O) groups is 3. The Kier molecular flexibility index (Phi) is 33.5. The van der Waals surface area contributed by atoms with E-state index in [1.54, 1.807) is 12.2 Å². The lowest BCUT2D eigenvalue weighted by Gasteiger charge is -2.20. The predicted molar refractivity (Wildman–Crippen MR) is 234 cm³/mol. The molecule has 0 aromatic rings. The van der Waals surface area contributed by atoms with Crippen LogP contribution in [0.3, 0.4) is 0 Å². The molecule has 0 saturated heterocycles. The number of rotatable bonds is 40. The molecule has 0 heterocycles. The number of esters is 2. The van der Waals surface area contributed by atoms with Crippen molar-refractivity contribution >= 4 is 25.5 Å². The van der Waals surface area contributed by atoms with Gasteiger partial charge in [-0.1, -0.05) is 161 Å². The minimum absolute atomic E-state index is 0.0154. The third-order valence-electron chi connectivity index (χ3n) is 11.3. The Bertz CT molecular complexity index is 1180. The van der Waals surface area contributed by atoms with Crippen molar-refractivity contribution in [3.63, 3.8) is 0 Å². The minimum atomic E-state index is -4.68. The summed E-state index contributed by atoms with van der Waals surface area (Å²) in [5.41, 5.74) is 0. The van der Waals surface area contributed by atoms with E-state index in [1.165, 1.54) is 70.6 Å². The fourth-order valence-corrected chi connectivity index (χ4v) is 8.34. The number of aliphatic hydroxyl groups is 4. The van der Waals surface area contributed by atoms with Gasteiger partial charge in [-0.05, 0) is 37.5 Å². The monoisotopic (exact) mass is 877 g/mol. The maximum atomic E-state index is 12.8. The molecular weight excluding hydrogens is 791 g/mol. The van der Waals surface area contributed by atoms with Crippen molar-refractivity contribution in [1.82, 2.24) is 0 Å². The van der Waals surface area contributed by atoms with Crippen LogP contribution in [-0.2, 0) is 37.5 Å². The molecule has 0 radical (unpaired) electrons. The highest BCUT2D eigenvalue weighted by molar-refractivity contribution is 7.47. The van der Waals surface area contributed by atoms with Gasteiger partial charge in [0.15, 0.2) is 6.10 Å². The number of allylic oxidation sites excluding steroid dienone is 1. The molecule has 0 aromatic carbocycles. The summed E-state index contributed by atoms with van der Waals surface area (Å²) >= 11 is 0. The topological polar surface area (TPSA) is 206 Å². The van der Waals surface area contributed by atoms with E-state index >= 15 is 0 Å². The van der Waals surface area contributed by atoms with E-state index in [0.29, 0.717) is 32.1 Å². The lowest BCUT2D eigenvalue weighted by Crippen LogP contribution is -2.29. The van der Waals surface area contributed by atoms with Crippen LogP contribution in [0, 0.1) is 17.8 Å². The average Bonchev–Trinajstić information content (AvgIpc) is 3.48. The number of carbonyl (C=O) groups excluding carboxylic acids is 3. The molecule has 1 aliphatic rings. The van der Waals surface area contributed by atoms with Crippen molar-refractivity contribution in [2.45, 2.75) is 219 Å². The molecular formula is C46H85O13P. The second kappa shape index (κ2) is 35.7. The second-order valence-corrected chi connectivity index (χ2v) is 18.9. The number of unbranched alkanes of at least 4 members (excludes halogenated alkanes) is 18. The van der Waals surface area contributed by atoms with E-state index in [9.17, 15) is 39.2 Å². The van der Waals surface area contributed by atoms with Gasteiger partial charge in [-0.3, -0.25) is 23.4 Å². The van der Waals surface area contributed by atoms with Crippen molar-refractivity contribution in [2.24, 2.45) is 17.8 Å². The maximum Gasteiger partial charge on any atom is 0.472 e. The van der Waals surface area contributed by atoms with E-state index < -0.39 is 69.9 Å². The zero-order valence-corrected chi connectivity index (χ0v) is 38.5. The first kappa shape index (κ1) is 56.3. The summed E-state index contributed by atoms with van der Waals surface area (Å²) in [6, 6.07) is 0. The first-order chi connectivity index (χ1) is 28.8. The quantitative estimate of drug-likeness (QED) is 0.0169. The summed E-state index contributed by atoms with van der Waals surface area (Å²) in [5, 5.41) is 39.2. The molecule has 7 atom stereocenters. The van der Waals surface area contributed by atoms with Gasteiger partial charge in [0.25, 0.3) is 0 Å². The van der Waals surface area contributed by atoms with E-state index in [4.69, 9.17) is 19.1 Å². The molecule has 0 bridgehead atoms. The van der Waals surface area contributed by atoms with Crippen molar-refractivity contribution < 1.29 is 62.8 Å². The molecule has 1 fully saturated rings. The summed E-state index contributed by atoms with van der Waals surface area (Å²) in [4.78, 5) is 47.8. The zero-order valence-electron chi connectivity index (χ0n) is 37.6. The number of ketones is 1. The van der Waals surface area contributed by atoms with Crippen LogP contribution in [0.15, 0.2) is 12.2 Å². The highest BCUT2D eigenvalue weighted by Gasteiger charge is 2.39. The molecule has 0 amide bonds. The number of Topliss-reactive ketones (excluding diaryl/α,β-unsaturated/α-hetero) is 1. The molecule has 0 spiro atoms. The van der Waals surface area contributed by atoms with Gasteiger partial charge >= 0.3 is 19.8 Å². The van der Waals surface area contributed by atoms with Crippen molar-refractivity contribution in [3.8, 4) is 0 Å². The lowest BCUT2D eigenvalue weighted by atomic mass is 9.88. The molecule has 14 heteroatoms. The number of aliphatic hydroxyl groups excluding tert-OH is 4. The highest BCUT2D eigenvalue weighted by atomic mass is 31.2. The van der Waals surface area contributed by atoms with Gasteiger partial charge in [-0.15, -0.1) is 0 Å². The summed E-state index contributed by atoms with van der Waals surface area (Å²) in [7, 11) is -4.68. The standard InChI is InChI=1S/C46H85O13P/c1-4-5-20-26-38(48)30-31-42-41(43(50)32-44(42)51)27-22-18-19-24-29-46(53)59-40(36-58-60(54,55)57-34-39(49)33-47)35-56-45(52)28-23-17-15-13-11-9-7-6-8-10-12-14-16-21-25-37(2)3/h30-31,37-43,47-50H,4-29,32-36H2,1-3H3,(H,54,55)/b31-30+/t38-,39-,40+,41+,42+,43-/m0/s1. The SMILES string of the molecule is CCCCC[C@H](O)/C=C/[C@H]1C(=O)C[C@H](O)[C@@H]1CCCCCCC(=O)O[C@H](COC(=O)CCCCCCCCCCCCCCCCC(C)C)COP(=O)(O)OC[C@@H](O)CO. The predicted octanol–water partition coefficient (Wildman–Crippen LogP) is 9.23. The van der Waals surface area contributed by atoms with E-state index in [2.05, 4.69) is 25.3 Å². The lowest BCUT2D eigenvalue weighted by molar-refractivity contribution is -0.161. The largest absolute Gasteiger partial charge is 0.472 e. The van der Waals surface area contributed by atoms with Crippen LogP contribution in [-0.4, -0.2) is 93.9 Å². The van der Waals surface area contributed by atoms with E-state index in [-0.39, 0.29) is 37.6 Å². The van der Waals surface area contributed by atoms with Crippen LogP contribution in [0.5, 0.6) is 0 Å². The number of ether oxygens (including phenoxy) is 2. The first-order valence-electron chi connectivity index (χ1n) is 23.6. The summed E-state index contributed by atoms with van der Waals surface area (Å²) in [6.07, 6.45) is 25.1. The van der Waals surface area contributed by atoms with Gasteiger partial charge < -0.3 is 34.8 Å². The molecule has 352 valence electrons. The van der Waals surface area contributed by atoms with E-state index in [1.807, 2.05) is 0 Å². The summed E-state index contributed by atoms with van der Waals surface area (Å²) in [5.74, 6) is -0.903. The first-order valence-corrected chi connectivity index (χ1v) is 25.1. The molecule has 0 aliphatic heterocycles. The van der Waals surface area contributed by atoms with Gasteiger partial charge in [-0.25, -0.2) is 4.57 Å². The van der Waals surface area contributed by atoms with Crippen LogP contribution in [0.2, 0.25) is 0 Å². The third-order valence-corrected chi connectivity index (χ3v) is 12.2. The number of phosphoric ester groups is 1. The molecule has 1 rings (SSSR count). The summed E-state index contributed by atoms with van der Waals surface area (Å²) in [6.45, 7) is 4.36. The second-order valence-electron chi connectivity index (χ2n) is 17.4. The molecule has 0 aromatic heterocycles. The molecule has 1 unspecified atom stereocenters. The Labute approximate surface area is 362 Å². The number of hydrogen-bond donors (Lipinski definition) is 5. The minimum Gasteiger partial charge on any atom is -0.462 e. The Balaban J connectivity index is 2.39. The van der Waals surface area contributed by atoms with Crippen LogP contribution >= 0.6 is 7.82 Å². The van der Waals surface area contributed by atoms with Gasteiger partial charge in [0, 0.05) is 25.2 Å². The molecule has 60 heavy (non-hydrogen) atoms. The zero-order chi connectivity index (χ0) is 44.4. The van der Waals surface area contributed by atoms with Gasteiger partial charge in [0.1, 0.15) is 18.5 Å². The Morgan fingerprint density at radius 1 is 0.733 bits per heavy atom. The normalized spacial score (nSPS) is 19.5. The van der Waals surface area contributed by atoms with Crippen molar-refractivity contribution in [2.75, 3.05) is 26.4 Å². The smallest absolute Gasteiger partial charge is 0.462 e. The Hall–Kier alpha value is -1.70. The van der Waals surface area contributed by atoms with Crippen LogP contribution in [0.1, 0.15) is 194 Å². The number of phosphoric acid groups is 1. The molecule has 1 saturated carbocycles. The van der Waals surface area contributed by atoms with E-state index in [0.717, 1.165) is 57.3 Å². The molecule has 13 nitrogen and oxygen atoms in total. The van der Waals surface area contributed by atoms with Gasteiger partial charge in [0.2, 0.25) is 0 Å². The Morgan fingerprint density at radius 2 is 1.25 bits per heavy atom. The highest BCUT2D eigenvalue weighted by Crippen LogP contribution is 2.43.